The van der Waals surface area contributed by atoms with Gasteiger partial charge < -0.3 is 36.1 Å². The molecule has 11 heteroatoms. The van der Waals surface area contributed by atoms with Crippen LogP contribution >= 0.6 is 11.8 Å². The third-order valence-corrected chi connectivity index (χ3v) is 6.63. The highest BCUT2D eigenvalue weighted by molar-refractivity contribution is 7.99. The Labute approximate surface area is 199 Å². The summed E-state index contributed by atoms with van der Waals surface area (Å²) >= 11 is 1.40. The van der Waals surface area contributed by atoms with Crippen LogP contribution in [0.2, 0.25) is 0 Å². The molecule has 1 aliphatic rings. The molecule has 34 heavy (non-hydrogen) atoms. The van der Waals surface area contributed by atoms with Gasteiger partial charge in [-0.25, -0.2) is 9.97 Å². The summed E-state index contributed by atoms with van der Waals surface area (Å²) in [4.78, 5) is 19.2. The number of benzene rings is 1. The maximum atomic E-state index is 10.8. The number of carboxylic acids is 1. The van der Waals surface area contributed by atoms with E-state index in [0.29, 0.717) is 28.1 Å². The molecular weight excluding hydrogens is 458 g/mol. The first-order chi connectivity index (χ1) is 16.4. The van der Waals surface area contributed by atoms with E-state index in [1.807, 2.05) is 30.3 Å². The fourth-order valence-electron chi connectivity index (χ4n) is 3.69. The van der Waals surface area contributed by atoms with Crippen molar-refractivity contribution >= 4 is 34.6 Å². The normalized spacial score (nSPS) is 22.9. The standard InChI is InChI=1S/C23H25N5O5S/c24-15(23(31)32)8-9-34-11-16-18(29)19(30)22(33-16)28-10-14(7-6-13-4-2-1-3-5-13)17-20(25)26-12-27-21(17)28/h1-5,10,12,15-16,18-19,22,29-30H,8-9,11,24H2,(H,31,32)(H2,25,26,27)/t15-,16+,18+,19+,22+/m0/s1. The molecule has 0 saturated carbocycles. The molecule has 0 spiro atoms. The molecule has 10 nitrogen and oxygen atoms in total. The highest BCUT2D eigenvalue weighted by Gasteiger charge is 2.44. The zero-order valence-electron chi connectivity index (χ0n) is 18.1. The third-order valence-electron chi connectivity index (χ3n) is 5.54. The second-order valence-electron chi connectivity index (χ2n) is 7.88. The average Bonchev–Trinajstić information content (AvgIpc) is 3.34. The Bertz CT molecular complexity index is 1220. The minimum Gasteiger partial charge on any atom is -0.480 e. The molecule has 3 aromatic rings. The lowest BCUT2D eigenvalue weighted by Gasteiger charge is -2.17. The lowest BCUT2D eigenvalue weighted by Crippen LogP contribution is -2.33. The maximum absolute atomic E-state index is 10.8. The molecule has 1 aromatic carbocycles. The number of anilines is 1. The highest BCUT2D eigenvalue weighted by atomic mass is 32.2. The first-order valence-electron chi connectivity index (χ1n) is 10.6. The number of carbonyl (C=O) groups is 1. The summed E-state index contributed by atoms with van der Waals surface area (Å²) in [5, 5.41) is 30.7. The molecule has 0 bridgehead atoms. The fraction of sp³-hybridized carbons (Fsp3) is 0.348. The zero-order chi connectivity index (χ0) is 24.2. The lowest BCUT2D eigenvalue weighted by atomic mass is 10.1. The molecule has 0 aliphatic carbocycles. The Hall–Kier alpha value is -3.14. The number of ether oxygens (including phenoxy) is 1. The predicted octanol–water partition coefficient (Wildman–Crippen LogP) is 0.568. The van der Waals surface area contributed by atoms with Crippen molar-refractivity contribution in [1.29, 1.82) is 0 Å². The van der Waals surface area contributed by atoms with Crippen molar-refractivity contribution in [2.45, 2.75) is 37.0 Å². The van der Waals surface area contributed by atoms with Gasteiger partial charge in [-0.3, -0.25) is 4.79 Å². The van der Waals surface area contributed by atoms with Crippen molar-refractivity contribution < 1.29 is 24.9 Å². The zero-order valence-corrected chi connectivity index (χ0v) is 18.9. The first-order valence-corrected chi connectivity index (χ1v) is 11.8. The van der Waals surface area contributed by atoms with Gasteiger partial charge in [0.05, 0.1) is 17.1 Å². The van der Waals surface area contributed by atoms with Crippen molar-refractivity contribution in [3.8, 4) is 11.8 Å². The van der Waals surface area contributed by atoms with Gasteiger partial charge in [0.15, 0.2) is 6.23 Å². The van der Waals surface area contributed by atoms with E-state index in [2.05, 4.69) is 21.8 Å². The van der Waals surface area contributed by atoms with Crippen LogP contribution in [0.1, 0.15) is 23.8 Å². The van der Waals surface area contributed by atoms with Gasteiger partial charge in [-0.2, -0.15) is 11.8 Å². The van der Waals surface area contributed by atoms with E-state index >= 15 is 0 Å². The van der Waals surface area contributed by atoms with Gasteiger partial charge in [0, 0.05) is 17.5 Å². The molecule has 0 amide bonds. The molecular formula is C23H25N5O5S. The number of hydrogen-bond acceptors (Lipinski definition) is 9. The van der Waals surface area contributed by atoms with Crippen LogP contribution in [0.4, 0.5) is 5.82 Å². The van der Waals surface area contributed by atoms with Crippen LogP contribution in [0.15, 0.2) is 42.9 Å². The van der Waals surface area contributed by atoms with Crippen molar-refractivity contribution in [3.05, 3.63) is 54.0 Å². The SMILES string of the molecule is Nc1ncnc2c1c(C#Cc1ccccc1)cn2[C@@H]1O[C@H](CSCC[C@H](N)C(=O)O)[C@@H](O)[C@H]1O. The fourth-order valence-corrected chi connectivity index (χ4v) is 4.78. The first kappa shape index (κ1) is 24.0. The number of nitrogens with two attached hydrogens (primary N) is 2. The molecule has 2 aromatic heterocycles. The number of carboxylic acid groups (broad SMARTS) is 1. The van der Waals surface area contributed by atoms with Crippen molar-refractivity contribution in [1.82, 2.24) is 14.5 Å². The van der Waals surface area contributed by atoms with Crippen LogP contribution in [0.25, 0.3) is 11.0 Å². The van der Waals surface area contributed by atoms with Gasteiger partial charge in [-0.1, -0.05) is 30.0 Å². The van der Waals surface area contributed by atoms with Gasteiger partial charge in [-0.05, 0) is 24.3 Å². The minimum atomic E-state index is -1.21. The maximum Gasteiger partial charge on any atom is 0.320 e. The van der Waals surface area contributed by atoms with Gasteiger partial charge in [0.2, 0.25) is 0 Å². The quantitative estimate of drug-likeness (QED) is 0.236. The molecule has 1 fully saturated rings. The molecule has 4 rings (SSSR count). The highest BCUT2D eigenvalue weighted by Crippen LogP contribution is 2.35. The summed E-state index contributed by atoms with van der Waals surface area (Å²) in [5.41, 5.74) is 13.5. The number of hydrogen-bond donors (Lipinski definition) is 5. The average molecular weight is 484 g/mol. The van der Waals surface area contributed by atoms with E-state index in [0.717, 1.165) is 5.56 Å². The van der Waals surface area contributed by atoms with Gasteiger partial charge in [0.1, 0.15) is 36.0 Å². The Morgan fingerprint density at radius 2 is 1.97 bits per heavy atom. The second-order valence-corrected chi connectivity index (χ2v) is 9.03. The smallest absolute Gasteiger partial charge is 0.320 e. The summed E-state index contributed by atoms with van der Waals surface area (Å²) in [7, 11) is 0. The van der Waals surface area contributed by atoms with E-state index in [1.165, 1.54) is 18.1 Å². The lowest BCUT2D eigenvalue weighted by molar-refractivity contribution is -0.138. The Morgan fingerprint density at radius 3 is 2.71 bits per heavy atom. The predicted molar refractivity (Wildman–Crippen MR) is 128 cm³/mol. The van der Waals surface area contributed by atoms with E-state index in [4.69, 9.17) is 21.3 Å². The Kier molecular flexibility index (Phi) is 7.35. The molecule has 7 N–H and O–H groups in total. The molecule has 0 radical (unpaired) electrons. The number of nitrogen functional groups attached to an aromatic ring is 1. The van der Waals surface area contributed by atoms with Gasteiger partial charge >= 0.3 is 5.97 Å². The number of fused-ring (bicyclic) bond motifs is 1. The van der Waals surface area contributed by atoms with Crippen LogP contribution in [-0.4, -0.2) is 71.7 Å². The van der Waals surface area contributed by atoms with Crippen molar-refractivity contribution in [2.75, 3.05) is 17.2 Å². The summed E-state index contributed by atoms with van der Waals surface area (Å²) in [6, 6.07) is 8.52. The number of rotatable bonds is 7. The van der Waals surface area contributed by atoms with E-state index in [-0.39, 0.29) is 12.2 Å². The van der Waals surface area contributed by atoms with Crippen LogP contribution < -0.4 is 11.5 Å². The number of aliphatic carboxylic acids is 1. The Morgan fingerprint density at radius 1 is 1.21 bits per heavy atom. The van der Waals surface area contributed by atoms with Gasteiger partial charge in [-0.15, -0.1) is 0 Å². The minimum absolute atomic E-state index is 0.246. The number of nitrogens with zero attached hydrogens (tertiary/aromatic N) is 3. The van der Waals surface area contributed by atoms with Crippen LogP contribution in [0.5, 0.6) is 0 Å². The monoisotopic (exact) mass is 483 g/mol. The summed E-state index contributed by atoms with van der Waals surface area (Å²) in [5.74, 6) is 6.21. The van der Waals surface area contributed by atoms with E-state index < -0.39 is 36.6 Å². The van der Waals surface area contributed by atoms with Crippen molar-refractivity contribution in [2.24, 2.45) is 5.73 Å². The van der Waals surface area contributed by atoms with Gasteiger partial charge in [0.25, 0.3) is 0 Å². The van der Waals surface area contributed by atoms with Crippen LogP contribution in [0.3, 0.4) is 0 Å². The summed E-state index contributed by atoms with van der Waals surface area (Å²) in [6.07, 6.45) is -0.633. The molecule has 0 unspecified atom stereocenters. The molecule has 1 saturated heterocycles. The van der Waals surface area contributed by atoms with E-state index in [1.54, 1.807) is 10.8 Å². The molecule has 5 atom stereocenters. The Balaban J connectivity index is 1.56. The van der Waals surface area contributed by atoms with Crippen LogP contribution in [-0.2, 0) is 9.53 Å². The topological polar surface area (TPSA) is 170 Å². The number of aromatic nitrogens is 3. The van der Waals surface area contributed by atoms with Crippen LogP contribution in [0, 0.1) is 11.8 Å². The van der Waals surface area contributed by atoms with E-state index in [9.17, 15) is 15.0 Å². The number of aliphatic hydroxyl groups is 2. The second kappa shape index (κ2) is 10.4. The summed E-state index contributed by atoms with van der Waals surface area (Å²) < 4.78 is 7.61. The number of aliphatic hydroxyl groups excluding tert-OH is 2. The number of thioether (sulfide) groups is 1. The molecule has 1 aliphatic heterocycles. The third kappa shape index (κ3) is 5.01. The van der Waals surface area contributed by atoms with Crippen molar-refractivity contribution in [3.63, 3.8) is 0 Å². The largest absolute Gasteiger partial charge is 0.480 e. The molecule has 178 valence electrons. The summed E-state index contributed by atoms with van der Waals surface area (Å²) in [6.45, 7) is 0. The molecule has 3 heterocycles.